The molecule has 0 saturated carbocycles. The quantitative estimate of drug-likeness (QED) is 0.538. The van der Waals surface area contributed by atoms with E-state index in [1.165, 1.54) is 11.8 Å². The van der Waals surface area contributed by atoms with Gasteiger partial charge in [-0.2, -0.15) is 0 Å². The minimum Gasteiger partial charge on any atom is -0.353 e. The molecule has 1 aliphatic rings. The number of halogens is 2. The van der Waals surface area contributed by atoms with Crippen LogP contribution in [0.15, 0.2) is 48.0 Å². The van der Waals surface area contributed by atoms with Gasteiger partial charge in [0.05, 0.1) is 16.5 Å². The summed E-state index contributed by atoms with van der Waals surface area (Å²) in [6.07, 6.45) is 3.27. The molecule has 1 amide bonds. The first-order chi connectivity index (χ1) is 14.5. The highest BCUT2D eigenvalue weighted by Crippen LogP contribution is 2.24. The van der Waals surface area contributed by atoms with Crippen LogP contribution in [0.1, 0.15) is 5.56 Å². The Balaban J connectivity index is 1.33. The lowest BCUT2D eigenvalue weighted by Gasteiger charge is -2.35. The van der Waals surface area contributed by atoms with Gasteiger partial charge in [-0.15, -0.1) is 10.2 Å². The molecule has 0 atom stereocenters. The maximum absolute atomic E-state index is 12.7. The summed E-state index contributed by atoms with van der Waals surface area (Å²) in [5.74, 6) is 1.27. The summed E-state index contributed by atoms with van der Waals surface area (Å²) >= 11 is 13.5. The first kappa shape index (κ1) is 21.0. The van der Waals surface area contributed by atoms with Gasteiger partial charge in [0, 0.05) is 37.4 Å². The lowest BCUT2D eigenvalue weighted by atomic mass is 10.2. The summed E-state index contributed by atoms with van der Waals surface area (Å²) in [5.41, 5.74) is 1.88. The molecule has 30 heavy (non-hydrogen) atoms. The summed E-state index contributed by atoms with van der Waals surface area (Å²) in [7, 11) is 0. The summed E-state index contributed by atoms with van der Waals surface area (Å²) in [4.78, 5) is 21.1. The third-order valence-electron chi connectivity index (χ3n) is 4.94. The van der Waals surface area contributed by atoms with Crippen LogP contribution in [-0.2, 0) is 4.79 Å². The summed E-state index contributed by atoms with van der Waals surface area (Å²) in [6.45, 7) is 4.75. The molecule has 0 N–H and O–H groups in total. The Morgan fingerprint density at radius 3 is 2.63 bits per heavy atom. The van der Waals surface area contributed by atoms with E-state index >= 15 is 0 Å². The lowest BCUT2D eigenvalue weighted by Crippen LogP contribution is -2.49. The molecule has 1 aromatic carbocycles. The van der Waals surface area contributed by atoms with Crippen molar-refractivity contribution in [3.05, 3.63) is 58.5 Å². The van der Waals surface area contributed by atoms with Gasteiger partial charge in [0.1, 0.15) is 12.1 Å². The van der Waals surface area contributed by atoms with E-state index in [0.29, 0.717) is 34.0 Å². The van der Waals surface area contributed by atoms with Crippen molar-refractivity contribution in [2.75, 3.05) is 36.8 Å². The van der Waals surface area contributed by atoms with Gasteiger partial charge in [-0.3, -0.25) is 9.36 Å². The molecule has 2 aromatic heterocycles. The minimum atomic E-state index is 0.0835. The third kappa shape index (κ3) is 4.71. The smallest absolute Gasteiger partial charge is 0.233 e. The molecule has 7 nitrogen and oxygen atoms in total. The van der Waals surface area contributed by atoms with Gasteiger partial charge in [0.2, 0.25) is 5.91 Å². The summed E-state index contributed by atoms with van der Waals surface area (Å²) < 4.78 is 1.84. The van der Waals surface area contributed by atoms with Crippen molar-refractivity contribution in [3.63, 3.8) is 0 Å². The molecule has 0 aliphatic carbocycles. The second kappa shape index (κ2) is 9.24. The summed E-state index contributed by atoms with van der Waals surface area (Å²) in [6, 6.07) is 9.51. The van der Waals surface area contributed by atoms with Crippen LogP contribution in [0, 0.1) is 6.92 Å². The molecular weight excluding hydrogens is 443 g/mol. The van der Waals surface area contributed by atoms with E-state index in [4.69, 9.17) is 23.2 Å². The fourth-order valence-electron chi connectivity index (χ4n) is 3.19. The standard InChI is InChI=1S/C20H20Cl2N6OS/c1-14-2-4-16(10-17(14)22)28-13-24-25-20(28)30-12-19(29)27-8-6-26(7-9-27)18-5-3-15(21)11-23-18/h2-5,10-11,13H,6-9,12H2,1H3. The molecule has 0 unspecified atom stereocenters. The number of aryl methyl sites for hydroxylation is 1. The maximum Gasteiger partial charge on any atom is 0.233 e. The fraction of sp³-hybridized carbons (Fsp3) is 0.300. The second-order valence-corrected chi connectivity index (χ2v) is 8.69. The van der Waals surface area contributed by atoms with Crippen molar-refractivity contribution < 1.29 is 4.79 Å². The van der Waals surface area contributed by atoms with Gasteiger partial charge in [-0.25, -0.2) is 4.98 Å². The highest BCUT2D eigenvalue weighted by atomic mass is 35.5. The van der Waals surface area contributed by atoms with Gasteiger partial charge in [0.15, 0.2) is 5.16 Å². The molecule has 0 radical (unpaired) electrons. The van der Waals surface area contributed by atoms with Crippen molar-refractivity contribution in [1.82, 2.24) is 24.6 Å². The third-order valence-corrected chi connectivity index (χ3v) is 6.50. The SMILES string of the molecule is Cc1ccc(-n2cnnc2SCC(=O)N2CCN(c3ccc(Cl)cn3)CC2)cc1Cl. The predicted octanol–water partition coefficient (Wildman–Crippen LogP) is 3.72. The number of pyridine rings is 1. The number of benzene rings is 1. The number of aromatic nitrogens is 4. The van der Waals surface area contributed by atoms with Gasteiger partial charge >= 0.3 is 0 Å². The van der Waals surface area contributed by atoms with Gasteiger partial charge in [0.25, 0.3) is 0 Å². The molecule has 0 bridgehead atoms. The van der Waals surface area contributed by atoms with Crippen LogP contribution in [0.3, 0.4) is 0 Å². The van der Waals surface area contributed by atoms with E-state index in [9.17, 15) is 4.79 Å². The zero-order chi connectivity index (χ0) is 21.1. The Bertz CT molecular complexity index is 1030. The number of amides is 1. The highest BCUT2D eigenvalue weighted by molar-refractivity contribution is 7.99. The van der Waals surface area contributed by atoms with Crippen LogP contribution in [0.4, 0.5) is 5.82 Å². The van der Waals surface area contributed by atoms with Crippen LogP contribution in [0.25, 0.3) is 5.69 Å². The van der Waals surface area contributed by atoms with Crippen LogP contribution in [0.2, 0.25) is 10.0 Å². The first-order valence-corrected chi connectivity index (χ1v) is 11.2. The number of nitrogens with zero attached hydrogens (tertiary/aromatic N) is 6. The van der Waals surface area contributed by atoms with Crippen molar-refractivity contribution in [1.29, 1.82) is 0 Å². The second-order valence-electron chi connectivity index (χ2n) is 6.91. The van der Waals surface area contributed by atoms with E-state index in [2.05, 4.69) is 20.1 Å². The first-order valence-electron chi connectivity index (χ1n) is 9.45. The van der Waals surface area contributed by atoms with Crippen molar-refractivity contribution in [2.24, 2.45) is 0 Å². The molecule has 0 spiro atoms. The van der Waals surface area contributed by atoms with Crippen molar-refractivity contribution >= 4 is 46.7 Å². The van der Waals surface area contributed by atoms with E-state index in [1.54, 1.807) is 12.5 Å². The van der Waals surface area contributed by atoms with Crippen LogP contribution in [-0.4, -0.2) is 62.5 Å². The predicted molar refractivity (Wildman–Crippen MR) is 120 cm³/mol. The molecule has 10 heteroatoms. The number of piperazine rings is 1. The normalized spacial score (nSPS) is 14.2. The zero-order valence-electron chi connectivity index (χ0n) is 16.3. The van der Waals surface area contributed by atoms with E-state index in [-0.39, 0.29) is 5.91 Å². The zero-order valence-corrected chi connectivity index (χ0v) is 18.7. The number of hydrogen-bond donors (Lipinski definition) is 0. The van der Waals surface area contributed by atoms with Crippen LogP contribution in [0.5, 0.6) is 0 Å². The molecule has 1 aliphatic heterocycles. The number of carbonyl (C=O) groups excluding carboxylic acids is 1. The molecule has 1 fully saturated rings. The molecule has 156 valence electrons. The topological polar surface area (TPSA) is 67.2 Å². The maximum atomic E-state index is 12.7. The van der Waals surface area contributed by atoms with E-state index < -0.39 is 0 Å². The largest absolute Gasteiger partial charge is 0.353 e. The van der Waals surface area contributed by atoms with Crippen LogP contribution >= 0.6 is 35.0 Å². The number of thioether (sulfide) groups is 1. The van der Waals surface area contributed by atoms with E-state index in [1.807, 2.05) is 46.7 Å². The van der Waals surface area contributed by atoms with Crippen molar-refractivity contribution in [3.8, 4) is 5.69 Å². The molecule has 3 aromatic rings. The number of carbonyl (C=O) groups is 1. The lowest BCUT2D eigenvalue weighted by molar-refractivity contribution is -0.128. The number of rotatable bonds is 5. The Morgan fingerprint density at radius 1 is 1.13 bits per heavy atom. The van der Waals surface area contributed by atoms with Gasteiger partial charge in [-0.05, 0) is 36.8 Å². The van der Waals surface area contributed by atoms with Gasteiger partial charge in [-0.1, -0.05) is 41.0 Å². The molecular formula is C20H20Cl2N6OS. The van der Waals surface area contributed by atoms with Crippen molar-refractivity contribution in [2.45, 2.75) is 12.1 Å². The Hall–Kier alpha value is -2.29. The van der Waals surface area contributed by atoms with E-state index in [0.717, 1.165) is 30.2 Å². The molecule has 4 rings (SSSR count). The average Bonchev–Trinajstić information content (AvgIpc) is 3.23. The number of anilines is 1. The Labute approximate surface area is 189 Å². The minimum absolute atomic E-state index is 0.0835. The highest BCUT2D eigenvalue weighted by Gasteiger charge is 2.22. The average molecular weight is 463 g/mol. The summed E-state index contributed by atoms with van der Waals surface area (Å²) in [5, 5.41) is 10.1. The number of hydrogen-bond acceptors (Lipinski definition) is 6. The molecule has 1 saturated heterocycles. The Kier molecular flexibility index (Phi) is 6.46. The Morgan fingerprint density at radius 2 is 1.93 bits per heavy atom. The van der Waals surface area contributed by atoms with Crippen LogP contribution < -0.4 is 4.90 Å². The fourth-order valence-corrected chi connectivity index (χ4v) is 4.31. The monoisotopic (exact) mass is 462 g/mol. The molecule has 3 heterocycles. The van der Waals surface area contributed by atoms with Gasteiger partial charge < -0.3 is 9.80 Å².